The van der Waals surface area contributed by atoms with E-state index in [1.807, 2.05) is 66.4 Å². The number of hydrogen-bond acceptors (Lipinski definition) is 4. The molecule has 6 heteroatoms. The number of anilines is 3. The van der Waals surface area contributed by atoms with Crippen molar-refractivity contribution in [3.8, 4) is 0 Å². The number of benzene rings is 1. The van der Waals surface area contributed by atoms with Crippen LogP contribution in [0.4, 0.5) is 17.1 Å². The summed E-state index contributed by atoms with van der Waals surface area (Å²) in [7, 11) is 4.00. The van der Waals surface area contributed by atoms with Gasteiger partial charge in [0.2, 0.25) is 0 Å². The Balaban J connectivity index is 2.13. The summed E-state index contributed by atoms with van der Waals surface area (Å²) in [5, 5.41) is 0.265. The molecule has 0 amide bonds. The normalized spacial score (nSPS) is 10.5. The largest absolute Gasteiger partial charge is 0.378 e. The minimum absolute atomic E-state index is 0.265. The van der Waals surface area contributed by atoms with E-state index in [-0.39, 0.29) is 5.11 Å². The summed E-state index contributed by atoms with van der Waals surface area (Å²) < 4.78 is 0. The molecule has 116 valence electrons. The first-order valence-electron chi connectivity index (χ1n) is 7.14. The highest BCUT2D eigenvalue weighted by molar-refractivity contribution is 7.80. The van der Waals surface area contributed by atoms with Crippen LogP contribution < -0.4 is 15.5 Å². The van der Waals surface area contributed by atoms with Crippen molar-refractivity contribution in [2.45, 2.75) is 0 Å². The molecule has 0 aliphatic carbocycles. The number of hydrogen-bond donors (Lipinski definition) is 1. The van der Waals surface area contributed by atoms with E-state index >= 15 is 0 Å². The van der Waals surface area contributed by atoms with E-state index in [0.717, 1.165) is 28.1 Å². The first kappa shape index (κ1) is 15.2. The fourth-order valence-electron chi connectivity index (χ4n) is 2.43. The van der Waals surface area contributed by atoms with Crippen molar-refractivity contribution >= 4 is 45.4 Å². The molecule has 0 atom stereocenters. The van der Waals surface area contributed by atoms with Gasteiger partial charge in [0.25, 0.3) is 0 Å². The number of pyridine rings is 2. The monoisotopic (exact) mass is 323 g/mol. The first-order chi connectivity index (χ1) is 11.1. The number of aromatic nitrogens is 2. The zero-order chi connectivity index (χ0) is 16.4. The van der Waals surface area contributed by atoms with E-state index < -0.39 is 0 Å². The summed E-state index contributed by atoms with van der Waals surface area (Å²) in [4.78, 5) is 12.6. The molecule has 3 aromatic rings. The molecule has 5 nitrogen and oxygen atoms in total. The van der Waals surface area contributed by atoms with Crippen LogP contribution in [0.25, 0.3) is 11.0 Å². The highest BCUT2D eigenvalue weighted by atomic mass is 32.1. The third-order valence-electron chi connectivity index (χ3n) is 3.56. The summed E-state index contributed by atoms with van der Waals surface area (Å²) in [6.07, 6.45) is 3.47. The van der Waals surface area contributed by atoms with Crippen molar-refractivity contribution in [3.05, 3.63) is 54.9 Å². The highest BCUT2D eigenvalue weighted by Crippen LogP contribution is 2.31. The van der Waals surface area contributed by atoms with Gasteiger partial charge < -0.3 is 10.6 Å². The molecule has 0 saturated carbocycles. The van der Waals surface area contributed by atoms with Gasteiger partial charge in [-0.25, -0.2) is 0 Å². The average Bonchev–Trinajstić information content (AvgIpc) is 2.55. The van der Waals surface area contributed by atoms with E-state index in [0.29, 0.717) is 0 Å². The SMILES string of the molecule is CN(C)c1ccc(N(C(N)=S)c2ccnc3cccnc23)cc1. The van der Waals surface area contributed by atoms with Gasteiger partial charge in [-0.05, 0) is 54.7 Å². The van der Waals surface area contributed by atoms with Crippen molar-refractivity contribution in [2.75, 3.05) is 23.9 Å². The van der Waals surface area contributed by atoms with Gasteiger partial charge >= 0.3 is 0 Å². The zero-order valence-corrected chi connectivity index (χ0v) is 13.8. The molecule has 2 aromatic heterocycles. The van der Waals surface area contributed by atoms with E-state index in [4.69, 9.17) is 18.0 Å². The number of nitrogens with two attached hydrogens (primary N) is 1. The van der Waals surface area contributed by atoms with Crippen LogP contribution >= 0.6 is 12.2 Å². The van der Waals surface area contributed by atoms with Gasteiger partial charge in [0.1, 0.15) is 5.52 Å². The Morgan fingerprint density at radius 1 is 0.957 bits per heavy atom. The van der Waals surface area contributed by atoms with Crippen molar-refractivity contribution in [1.29, 1.82) is 0 Å². The maximum atomic E-state index is 5.99. The van der Waals surface area contributed by atoms with E-state index in [9.17, 15) is 0 Å². The lowest BCUT2D eigenvalue weighted by molar-refractivity contribution is 1.13. The van der Waals surface area contributed by atoms with E-state index in [1.165, 1.54) is 0 Å². The molecular formula is C17H17N5S. The minimum atomic E-state index is 0.265. The predicted molar refractivity (Wildman–Crippen MR) is 99.2 cm³/mol. The van der Waals surface area contributed by atoms with Gasteiger partial charge in [0.05, 0.1) is 11.2 Å². The molecule has 0 spiro atoms. The fraction of sp³-hybridized carbons (Fsp3) is 0.118. The number of thiocarbonyl (C=S) groups is 1. The van der Waals surface area contributed by atoms with Crippen molar-refractivity contribution in [3.63, 3.8) is 0 Å². The maximum absolute atomic E-state index is 5.99. The molecule has 0 radical (unpaired) electrons. The first-order valence-corrected chi connectivity index (χ1v) is 7.55. The van der Waals surface area contributed by atoms with Gasteiger partial charge in [-0.15, -0.1) is 0 Å². The van der Waals surface area contributed by atoms with Gasteiger partial charge in [0.15, 0.2) is 5.11 Å². The van der Waals surface area contributed by atoms with Crippen LogP contribution in [-0.2, 0) is 0 Å². The van der Waals surface area contributed by atoms with Gasteiger partial charge in [-0.1, -0.05) is 0 Å². The number of fused-ring (bicyclic) bond motifs is 1. The molecule has 0 aliphatic rings. The molecule has 0 fully saturated rings. The Morgan fingerprint density at radius 3 is 2.30 bits per heavy atom. The molecule has 0 unspecified atom stereocenters. The summed E-state index contributed by atoms with van der Waals surface area (Å²) in [5.74, 6) is 0. The van der Waals surface area contributed by atoms with Crippen molar-refractivity contribution in [1.82, 2.24) is 9.97 Å². The number of rotatable bonds is 3. The molecule has 2 heterocycles. The molecule has 23 heavy (non-hydrogen) atoms. The minimum Gasteiger partial charge on any atom is -0.378 e. The quantitative estimate of drug-likeness (QED) is 0.748. The molecule has 1 aromatic carbocycles. The summed E-state index contributed by atoms with van der Waals surface area (Å²) >= 11 is 5.27. The van der Waals surface area contributed by atoms with Crippen LogP contribution in [0.15, 0.2) is 54.9 Å². The summed E-state index contributed by atoms with van der Waals surface area (Å²) in [5.41, 5.74) is 10.4. The Labute approximate surface area is 140 Å². The summed E-state index contributed by atoms with van der Waals surface area (Å²) in [6, 6.07) is 13.7. The molecular weight excluding hydrogens is 306 g/mol. The Bertz CT molecular complexity index is 840. The van der Waals surface area contributed by atoms with Crippen LogP contribution in [0.5, 0.6) is 0 Å². The summed E-state index contributed by atoms with van der Waals surface area (Å²) in [6.45, 7) is 0. The van der Waals surface area contributed by atoms with Gasteiger partial charge in [-0.2, -0.15) is 0 Å². The molecule has 0 aliphatic heterocycles. The van der Waals surface area contributed by atoms with E-state index in [1.54, 1.807) is 12.4 Å². The molecule has 0 bridgehead atoms. The third kappa shape index (κ3) is 2.93. The van der Waals surface area contributed by atoms with Crippen LogP contribution in [-0.4, -0.2) is 29.2 Å². The van der Waals surface area contributed by atoms with Gasteiger partial charge in [0, 0.05) is 37.9 Å². The van der Waals surface area contributed by atoms with E-state index in [2.05, 4.69) is 9.97 Å². The Morgan fingerprint density at radius 2 is 1.65 bits per heavy atom. The topological polar surface area (TPSA) is 58.3 Å². The van der Waals surface area contributed by atoms with Crippen molar-refractivity contribution < 1.29 is 0 Å². The fourth-order valence-corrected chi connectivity index (χ4v) is 2.63. The van der Waals surface area contributed by atoms with Gasteiger partial charge in [-0.3, -0.25) is 14.9 Å². The molecule has 0 saturated heterocycles. The van der Waals surface area contributed by atoms with Crippen LogP contribution in [0.3, 0.4) is 0 Å². The van der Waals surface area contributed by atoms with Crippen molar-refractivity contribution in [2.24, 2.45) is 5.73 Å². The zero-order valence-electron chi connectivity index (χ0n) is 13.0. The van der Waals surface area contributed by atoms with Crippen LogP contribution in [0.1, 0.15) is 0 Å². The highest BCUT2D eigenvalue weighted by Gasteiger charge is 2.16. The second kappa shape index (κ2) is 6.18. The lowest BCUT2D eigenvalue weighted by Gasteiger charge is -2.24. The predicted octanol–water partition coefficient (Wildman–Crippen LogP) is 3.08. The van der Waals surface area contributed by atoms with Crippen LogP contribution in [0.2, 0.25) is 0 Å². The third-order valence-corrected chi connectivity index (χ3v) is 3.74. The molecule has 2 N–H and O–H groups in total. The second-order valence-electron chi connectivity index (χ2n) is 5.29. The molecule has 3 rings (SSSR count). The van der Waals surface area contributed by atoms with Crippen LogP contribution in [0, 0.1) is 0 Å². The number of nitrogens with zero attached hydrogens (tertiary/aromatic N) is 4. The lowest BCUT2D eigenvalue weighted by Crippen LogP contribution is -2.31. The average molecular weight is 323 g/mol. The standard InChI is InChI=1S/C17H17N5S/c1-21(2)12-5-7-13(8-6-12)22(17(18)23)15-9-11-19-14-4-3-10-20-16(14)15/h3-11H,1-2H3,(H2,18,23). The smallest absolute Gasteiger partial charge is 0.175 e. The lowest BCUT2D eigenvalue weighted by atomic mass is 10.2. The maximum Gasteiger partial charge on any atom is 0.175 e. The Kier molecular flexibility index (Phi) is 4.08. The second-order valence-corrected chi connectivity index (χ2v) is 5.70. The Hall–Kier alpha value is -2.73.